The summed E-state index contributed by atoms with van der Waals surface area (Å²) in [7, 11) is 0. The highest BCUT2D eigenvalue weighted by Gasteiger charge is 2.16. The third-order valence-corrected chi connectivity index (χ3v) is 4.30. The van der Waals surface area contributed by atoms with E-state index in [1.807, 2.05) is 11.4 Å². The normalized spacial score (nSPS) is 10.9. The molecule has 6 nitrogen and oxygen atoms in total. The zero-order chi connectivity index (χ0) is 14.1. The van der Waals surface area contributed by atoms with Crippen molar-refractivity contribution >= 4 is 43.2 Å². The first kappa shape index (κ1) is 13.8. The predicted octanol–water partition coefficient (Wildman–Crippen LogP) is 3.24. The Hall–Kier alpha value is -1.16. The number of nitrogens with two attached hydrogens (primary N) is 1. The maximum atomic E-state index is 5.53. The topological polar surface area (TPSA) is 90.7 Å². The Morgan fingerprint density at radius 3 is 2.85 bits per heavy atom. The van der Waals surface area contributed by atoms with Gasteiger partial charge in [-0.3, -0.25) is 4.98 Å². The molecular formula is C11H7Br2N5OS. The van der Waals surface area contributed by atoms with Crippen molar-refractivity contribution < 1.29 is 4.52 Å². The van der Waals surface area contributed by atoms with Crippen molar-refractivity contribution in [3.05, 3.63) is 31.6 Å². The van der Waals surface area contributed by atoms with E-state index < -0.39 is 0 Å². The third kappa shape index (κ3) is 2.66. The number of rotatable bonds is 3. The quantitative estimate of drug-likeness (QED) is 0.704. The van der Waals surface area contributed by atoms with Crippen LogP contribution in [0.5, 0.6) is 0 Å². The van der Waals surface area contributed by atoms with Gasteiger partial charge in [-0.1, -0.05) is 5.16 Å². The molecule has 102 valence electrons. The minimum atomic E-state index is 0.354. The van der Waals surface area contributed by atoms with E-state index in [4.69, 9.17) is 10.3 Å². The van der Waals surface area contributed by atoms with E-state index in [9.17, 15) is 0 Å². The van der Waals surface area contributed by atoms with Gasteiger partial charge < -0.3 is 10.3 Å². The molecule has 3 rings (SSSR count). The first-order valence-electron chi connectivity index (χ1n) is 5.47. The van der Waals surface area contributed by atoms with Gasteiger partial charge in [0.15, 0.2) is 0 Å². The first-order valence-corrected chi connectivity index (χ1v) is 7.94. The number of hydrogen-bond acceptors (Lipinski definition) is 7. The summed E-state index contributed by atoms with van der Waals surface area (Å²) < 4.78 is 6.86. The van der Waals surface area contributed by atoms with Crippen LogP contribution >= 0.6 is 43.2 Å². The van der Waals surface area contributed by atoms with Gasteiger partial charge in [-0.05, 0) is 37.9 Å². The van der Waals surface area contributed by atoms with Crippen LogP contribution in [0.2, 0.25) is 0 Å². The lowest BCUT2D eigenvalue weighted by molar-refractivity contribution is 0.431. The van der Waals surface area contributed by atoms with Crippen molar-refractivity contribution in [3.63, 3.8) is 0 Å². The van der Waals surface area contributed by atoms with Gasteiger partial charge >= 0.3 is 0 Å². The van der Waals surface area contributed by atoms with Crippen molar-refractivity contribution in [2.24, 2.45) is 5.73 Å². The molecule has 9 heteroatoms. The Bertz CT molecular complexity index is 757. The van der Waals surface area contributed by atoms with Gasteiger partial charge in [-0.25, -0.2) is 4.98 Å². The fraction of sp³-hybridized carbons (Fsp3) is 0.0909. The highest BCUT2D eigenvalue weighted by atomic mass is 79.9. The zero-order valence-electron chi connectivity index (χ0n) is 9.88. The summed E-state index contributed by atoms with van der Waals surface area (Å²) in [4.78, 5) is 12.9. The highest BCUT2D eigenvalue weighted by Crippen LogP contribution is 2.28. The second-order valence-corrected chi connectivity index (χ2v) is 6.45. The van der Waals surface area contributed by atoms with Crippen LogP contribution in [0.15, 0.2) is 31.1 Å². The maximum Gasteiger partial charge on any atom is 0.277 e. The fourth-order valence-electron chi connectivity index (χ4n) is 1.51. The second kappa shape index (κ2) is 5.68. The molecular weight excluding hydrogens is 410 g/mol. The smallest absolute Gasteiger partial charge is 0.277 e. The first-order chi connectivity index (χ1) is 9.67. The molecule has 20 heavy (non-hydrogen) atoms. The van der Waals surface area contributed by atoms with Gasteiger partial charge in [-0.2, -0.15) is 4.98 Å². The van der Waals surface area contributed by atoms with E-state index in [-0.39, 0.29) is 0 Å². The van der Waals surface area contributed by atoms with E-state index in [1.54, 1.807) is 6.20 Å². The van der Waals surface area contributed by atoms with Crippen LogP contribution in [-0.2, 0) is 6.54 Å². The molecule has 0 spiro atoms. The van der Waals surface area contributed by atoms with Crippen molar-refractivity contribution in [1.82, 2.24) is 20.1 Å². The monoisotopic (exact) mass is 415 g/mol. The van der Waals surface area contributed by atoms with Gasteiger partial charge in [0.1, 0.15) is 16.4 Å². The molecule has 0 unspecified atom stereocenters. The Morgan fingerprint density at radius 1 is 1.30 bits per heavy atom. The molecule has 0 amide bonds. The Kier molecular flexibility index (Phi) is 3.92. The average Bonchev–Trinajstić information content (AvgIpc) is 3.07. The molecule has 0 bridgehead atoms. The van der Waals surface area contributed by atoms with Gasteiger partial charge in [0, 0.05) is 27.1 Å². The Morgan fingerprint density at radius 2 is 2.15 bits per heavy atom. The maximum absolute atomic E-state index is 5.53. The van der Waals surface area contributed by atoms with E-state index in [0.717, 1.165) is 14.0 Å². The molecule has 0 atom stereocenters. The van der Waals surface area contributed by atoms with Crippen LogP contribution < -0.4 is 5.73 Å². The number of nitrogens with zero attached hydrogens (tertiary/aromatic N) is 4. The second-order valence-electron chi connectivity index (χ2n) is 3.74. The molecule has 0 saturated carbocycles. The molecule has 3 heterocycles. The molecule has 2 N–H and O–H groups in total. The molecule has 0 aliphatic heterocycles. The largest absolute Gasteiger partial charge is 0.332 e. The van der Waals surface area contributed by atoms with Crippen molar-refractivity contribution in [2.75, 3.05) is 0 Å². The standard InChI is InChI=1S/C11H7Br2N5OS/c12-5-1-6(13)9(15-3-5)10-17-11(19-18-10)7-4-20-8(2-14)16-7/h1,3-4H,2,14H2. The van der Waals surface area contributed by atoms with Crippen LogP contribution in [0, 0.1) is 0 Å². The van der Waals surface area contributed by atoms with Gasteiger partial charge in [-0.15, -0.1) is 11.3 Å². The molecule has 0 aromatic carbocycles. The molecule has 0 aliphatic carbocycles. The highest BCUT2D eigenvalue weighted by molar-refractivity contribution is 9.11. The number of hydrogen-bond donors (Lipinski definition) is 1. The summed E-state index contributed by atoms with van der Waals surface area (Å²) in [5.74, 6) is 0.759. The van der Waals surface area contributed by atoms with Gasteiger partial charge in [0.2, 0.25) is 5.82 Å². The summed E-state index contributed by atoms with van der Waals surface area (Å²) in [5.41, 5.74) is 6.77. The Labute approximate surface area is 134 Å². The Balaban J connectivity index is 1.97. The van der Waals surface area contributed by atoms with E-state index in [2.05, 4.69) is 52.0 Å². The van der Waals surface area contributed by atoms with E-state index in [0.29, 0.717) is 29.6 Å². The molecule has 3 aromatic rings. The number of pyridine rings is 1. The lowest BCUT2D eigenvalue weighted by Gasteiger charge is -1.97. The minimum Gasteiger partial charge on any atom is -0.332 e. The van der Waals surface area contributed by atoms with E-state index in [1.165, 1.54) is 11.3 Å². The van der Waals surface area contributed by atoms with Crippen molar-refractivity contribution in [2.45, 2.75) is 6.54 Å². The average molecular weight is 417 g/mol. The molecule has 0 saturated heterocycles. The zero-order valence-corrected chi connectivity index (χ0v) is 13.9. The van der Waals surface area contributed by atoms with Crippen LogP contribution in [0.4, 0.5) is 0 Å². The number of halogens is 2. The van der Waals surface area contributed by atoms with Gasteiger partial charge in [0.05, 0.1) is 0 Å². The lowest BCUT2D eigenvalue weighted by atomic mass is 10.3. The number of thiazole rings is 1. The summed E-state index contributed by atoms with van der Waals surface area (Å²) in [6.45, 7) is 0.394. The SMILES string of the molecule is NCc1nc(-c2nc(-c3ncc(Br)cc3Br)no2)cs1. The van der Waals surface area contributed by atoms with Crippen molar-refractivity contribution in [1.29, 1.82) is 0 Å². The number of aromatic nitrogens is 4. The minimum absolute atomic E-state index is 0.354. The fourth-order valence-corrected chi connectivity index (χ4v) is 3.32. The van der Waals surface area contributed by atoms with Gasteiger partial charge in [0.25, 0.3) is 5.89 Å². The molecule has 0 aliphatic rings. The molecule has 3 aromatic heterocycles. The van der Waals surface area contributed by atoms with E-state index >= 15 is 0 Å². The third-order valence-electron chi connectivity index (χ3n) is 2.39. The summed E-state index contributed by atoms with van der Waals surface area (Å²) in [5, 5.41) is 6.59. The lowest BCUT2D eigenvalue weighted by Crippen LogP contribution is -1.94. The molecule has 0 fully saturated rings. The molecule has 0 radical (unpaired) electrons. The predicted molar refractivity (Wildman–Crippen MR) is 81.9 cm³/mol. The summed E-state index contributed by atoms with van der Waals surface area (Å²) in [6.07, 6.45) is 1.67. The van der Waals surface area contributed by atoms with Crippen LogP contribution in [0.1, 0.15) is 5.01 Å². The summed E-state index contributed by atoms with van der Waals surface area (Å²) in [6, 6.07) is 1.87. The van der Waals surface area contributed by atoms with Crippen LogP contribution in [-0.4, -0.2) is 20.1 Å². The summed E-state index contributed by atoms with van der Waals surface area (Å²) >= 11 is 8.22. The van der Waals surface area contributed by atoms with Crippen LogP contribution in [0.25, 0.3) is 23.1 Å². The van der Waals surface area contributed by atoms with Crippen molar-refractivity contribution in [3.8, 4) is 23.1 Å². The van der Waals surface area contributed by atoms with Crippen LogP contribution in [0.3, 0.4) is 0 Å².